The molecule has 1 aliphatic carbocycles. The minimum atomic E-state index is -0.887. The zero-order valence-electron chi connectivity index (χ0n) is 10.2. The van der Waals surface area contributed by atoms with E-state index in [4.69, 9.17) is 0 Å². The van der Waals surface area contributed by atoms with Gasteiger partial charge in [-0.25, -0.2) is 0 Å². The lowest BCUT2D eigenvalue weighted by Crippen LogP contribution is -2.37. The van der Waals surface area contributed by atoms with Crippen LogP contribution in [0.5, 0.6) is 0 Å². The second-order valence-electron chi connectivity index (χ2n) is 4.86. The molecule has 92 valence electrons. The largest absolute Gasteiger partial charge is 0.481 e. The van der Waals surface area contributed by atoms with Gasteiger partial charge >= 0.3 is 5.97 Å². The van der Waals surface area contributed by atoms with Crippen LogP contribution in [-0.2, 0) is 9.59 Å². The van der Waals surface area contributed by atoms with Crippen LogP contribution >= 0.6 is 0 Å². The number of rotatable bonds is 6. The van der Waals surface area contributed by atoms with Crippen LogP contribution in [0.25, 0.3) is 0 Å². The van der Waals surface area contributed by atoms with Crippen molar-refractivity contribution in [2.24, 2.45) is 11.3 Å². The summed E-state index contributed by atoms with van der Waals surface area (Å²) in [6, 6.07) is 0.271. The van der Waals surface area contributed by atoms with Crippen molar-refractivity contribution < 1.29 is 14.7 Å². The molecule has 0 bridgehead atoms. The summed E-state index contributed by atoms with van der Waals surface area (Å²) in [5.41, 5.74) is -0.887. The van der Waals surface area contributed by atoms with Crippen molar-refractivity contribution >= 4 is 11.9 Å². The Bertz CT molecular complexity index is 284. The molecule has 1 saturated carbocycles. The fraction of sp³-hybridized carbons (Fsp3) is 0.833. The number of nitrogens with one attached hydrogen (secondary N) is 1. The van der Waals surface area contributed by atoms with E-state index in [0.29, 0.717) is 18.8 Å². The van der Waals surface area contributed by atoms with Crippen LogP contribution in [-0.4, -0.2) is 23.0 Å². The first-order chi connectivity index (χ1) is 7.45. The molecule has 4 heteroatoms. The Morgan fingerprint density at radius 3 is 2.19 bits per heavy atom. The van der Waals surface area contributed by atoms with Crippen LogP contribution in [0.2, 0.25) is 0 Å². The van der Waals surface area contributed by atoms with E-state index in [-0.39, 0.29) is 18.4 Å². The highest BCUT2D eigenvalue weighted by Crippen LogP contribution is 2.33. The number of amides is 1. The molecular formula is C12H21NO3. The summed E-state index contributed by atoms with van der Waals surface area (Å²) in [7, 11) is 0. The maximum atomic E-state index is 11.7. The van der Waals surface area contributed by atoms with Crippen LogP contribution in [0.3, 0.4) is 0 Å². The van der Waals surface area contributed by atoms with Crippen molar-refractivity contribution in [3.63, 3.8) is 0 Å². The molecule has 1 rings (SSSR count). The second kappa shape index (κ2) is 4.85. The summed E-state index contributed by atoms with van der Waals surface area (Å²) < 4.78 is 0. The Morgan fingerprint density at radius 1 is 1.38 bits per heavy atom. The van der Waals surface area contributed by atoms with Crippen LogP contribution < -0.4 is 5.32 Å². The molecule has 0 spiro atoms. The van der Waals surface area contributed by atoms with Crippen molar-refractivity contribution in [1.29, 1.82) is 0 Å². The van der Waals surface area contributed by atoms with Crippen molar-refractivity contribution in [2.75, 3.05) is 0 Å². The van der Waals surface area contributed by atoms with E-state index < -0.39 is 11.4 Å². The predicted molar refractivity (Wildman–Crippen MR) is 61.0 cm³/mol. The van der Waals surface area contributed by atoms with Crippen molar-refractivity contribution in [2.45, 2.75) is 52.5 Å². The lowest BCUT2D eigenvalue weighted by atomic mass is 9.79. The highest BCUT2D eigenvalue weighted by atomic mass is 16.4. The van der Waals surface area contributed by atoms with Crippen molar-refractivity contribution in [3.8, 4) is 0 Å². The molecule has 1 fully saturated rings. The molecule has 2 N–H and O–H groups in total. The smallest absolute Gasteiger partial charge is 0.310 e. The minimum Gasteiger partial charge on any atom is -0.481 e. The zero-order chi connectivity index (χ0) is 12.3. The third kappa shape index (κ3) is 2.74. The molecule has 0 aliphatic heterocycles. The Kier molecular flexibility index (Phi) is 3.94. The summed E-state index contributed by atoms with van der Waals surface area (Å²) in [5.74, 6) is -0.441. The summed E-state index contributed by atoms with van der Waals surface area (Å²) in [4.78, 5) is 22.9. The Morgan fingerprint density at radius 2 is 1.88 bits per heavy atom. The number of carboxylic acids is 1. The number of aliphatic carboxylic acids is 1. The fourth-order valence-electron chi connectivity index (χ4n) is 1.97. The summed E-state index contributed by atoms with van der Waals surface area (Å²) in [6.45, 7) is 5.73. The van der Waals surface area contributed by atoms with Crippen LogP contribution in [0, 0.1) is 11.3 Å². The average Bonchev–Trinajstić information content (AvgIpc) is 2.90. The number of hydrogen-bond acceptors (Lipinski definition) is 2. The number of carbonyl (C=O) groups is 2. The van der Waals surface area contributed by atoms with Gasteiger partial charge in [0.1, 0.15) is 0 Å². The molecule has 16 heavy (non-hydrogen) atoms. The Hall–Kier alpha value is -1.06. The Balaban J connectivity index is 2.54. The molecule has 1 aliphatic rings. The third-order valence-corrected chi connectivity index (χ3v) is 3.76. The first kappa shape index (κ1) is 13.0. The SMILES string of the molecule is CCC(CC)(CC(=O)NC1CC1C)C(=O)O. The minimum absolute atomic E-state index is 0.0958. The van der Waals surface area contributed by atoms with E-state index in [1.54, 1.807) is 0 Å². The quantitative estimate of drug-likeness (QED) is 0.727. The molecular weight excluding hydrogens is 206 g/mol. The number of carboxylic acid groups (broad SMARTS) is 1. The highest BCUT2D eigenvalue weighted by Gasteiger charge is 2.39. The third-order valence-electron chi connectivity index (χ3n) is 3.76. The van der Waals surface area contributed by atoms with Crippen LogP contribution in [0.4, 0.5) is 0 Å². The molecule has 0 aromatic rings. The molecule has 0 aromatic carbocycles. The first-order valence-corrected chi connectivity index (χ1v) is 5.98. The topological polar surface area (TPSA) is 66.4 Å². The normalized spacial score (nSPS) is 23.9. The maximum Gasteiger partial charge on any atom is 0.310 e. The predicted octanol–water partition coefficient (Wildman–Crippen LogP) is 1.79. The Labute approximate surface area is 96.4 Å². The molecule has 2 atom stereocenters. The van der Waals surface area contributed by atoms with E-state index in [1.165, 1.54) is 0 Å². The van der Waals surface area contributed by atoms with Gasteiger partial charge in [0.05, 0.1) is 5.41 Å². The molecule has 0 aromatic heterocycles. The molecule has 0 saturated heterocycles. The van der Waals surface area contributed by atoms with Gasteiger partial charge in [0.15, 0.2) is 0 Å². The summed E-state index contributed by atoms with van der Waals surface area (Å²) in [6.07, 6.45) is 2.10. The number of carbonyl (C=O) groups excluding carboxylic acids is 1. The van der Waals surface area contributed by atoms with Gasteiger partial charge in [-0.05, 0) is 25.2 Å². The first-order valence-electron chi connectivity index (χ1n) is 5.98. The van der Waals surface area contributed by atoms with E-state index >= 15 is 0 Å². The number of hydrogen-bond donors (Lipinski definition) is 2. The van der Waals surface area contributed by atoms with Gasteiger partial charge in [0, 0.05) is 12.5 Å². The van der Waals surface area contributed by atoms with Crippen LogP contribution in [0.15, 0.2) is 0 Å². The summed E-state index contributed by atoms with van der Waals surface area (Å²) in [5, 5.41) is 12.1. The average molecular weight is 227 g/mol. The van der Waals surface area contributed by atoms with Gasteiger partial charge in [0.25, 0.3) is 0 Å². The molecule has 1 amide bonds. The molecule has 0 radical (unpaired) electrons. The van der Waals surface area contributed by atoms with Crippen molar-refractivity contribution in [1.82, 2.24) is 5.32 Å². The van der Waals surface area contributed by atoms with E-state index in [0.717, 1.165) is 6.42 Å². The van der Waals surface area contributed by atoms with Gasteiger partial charge in [0.2, 0.25) is 5.91 Å². The lowest BCUT2D eigenvalue weighted by Gasteiger charge is -2.25. The molecule has 0 heterocycles. The fourth-order valence-corrected chi connectivity index (χ4v) is 1.97. The summed E-state index contributed by atoms with van der Waals surface area (Å²) >= 11 is 0. The van der Waals surface area contributed by atoms with E-state index in [9.17, 15) is 14.7 Å². The van der Waals surface area contributed by atoms with Gasteiger partial charge in [-0.2, -0.15) is 0 Å². The van der Waals surface area contributed by atoms with Crippen LogP contribution in [0.1, 0.15) is 46.5 Å². The monoisotopic (exact) mass is 227 g/mol. The second-order valence-corrected chi connectivity index (χ2v) is 4.86. The van der Waals surface area contributed by atoms with Gasteiger partial charge < -0.3 is 10.4 Å². The molecule has 2 unspecified atom stereocenters. The zero-order valence-corrected chi connectivity index (χ0v) is 10.2. The molecule has 4 nitrogen and oxygen atoms in total. The van der Waals surface area contributed by atoms with Crippen molar-refractivity contribution in [3.05, 3.63) is 0 Å². The maximum absolute atomic E-state index is 11.7. The highest BCUT2D eigenvalue weighted by molar-refractivity contribution is 5.85. The lowest BCUT2D eigenvalue weighted by molar-refractivity contribution is -0.152. The van der Waals surface area contributed by atoms with E-state index in [2.05, 4.69) is 12.2 Å². The van der Waals surface area contributed by atoms with Gasteiger partial charge in [-0.1, -0.05) is 20.8 Å². The standard InChI is InChI=1S/C12H21NO3/c1-4-12(5-2,11(15)16)7-10(14)13-9-6-8(9)3/h8-9H,4-7H2,1-3H3,(H,13,14)(H,15,16). The van der Waals surface area contributed by atoms with Gasteiger partial charge in [-0.3, -0.25) is 9.59 Å². The van der Waals surface area contributed by atoms with E-state index in [1.807, 2.05) is 13.8 Å². The van der Waals surface area contributed by atoms with Gasteiger partial charge in [-0.15, -0.1) is 0 Å².